The molecule has 1 aliphatic rings. The van der Waals surface area contributed by atoms with E-state index in [1.54, 1.807) is 0 Å². The lowest BCUT2D eigenvalue weighted by atomic mass is 9.85. The first-order valence-corrected chi connectivity index (χ1v) is 7.36. The Kier molecular flexibility index (Phi) is 3.94. The van der Waals surface area contributed by atoms with Crippen molar-refractivity contribution in [2.24, 2.45) is 12.9 Å². The van der Waals surface area contributed by atoms with E-state index in [1.807, 2.05) is 30.8 Å². The Bertz CT molecular complexity index is 622. The maximum atomic E-state index is 5.84. The van der Waals surface area contributed by atoms with Gasteiger partial charge in [-0.05, 0) is 31.0 Å². The molecule has 0 fully saturated rings. The third-order valence-electron chi connectivity index (χ3n) is 4.23. The summed E-state index contributed by atoms with van der Waals surface area (Å²) >= 11 is 0. The van der Waals surface area contributed by atoms with Crippen LogP contribution in [0.2, 0.25) is 0 Å². The number of ether oxygens (including phenoxy) is 1. The van der Waals surface area contributed by atoms with Gasteiger partial charge in [0.15, 0.2) is 0 Å². The summed E-state index contributed by atoms with van der Waals surface area (Å²) in [6.07, 6.45) is 1.83. The molecule has 2 aromatic rings. The number of nitrogens with two attached hydrogens (primary N) is 1. The monoisotopic (exact) mass is 286 g/mol. The number of fused-ring (bicyclic) bond motifs is 1. The van der Waals surface area contributed by atoms with E-state index in [0.29, 0.717) is 5.92 Å². The summed E-state index contributed by atoms with van der Waals surface area (Å²) in [6.45, 7) is 2.75. The summed E-state index contributed by atoms with van der Waals surface area (Å²) in [5, 5.41) is 4.41. The number of hydrogen-bond acceptors (Lipinski definition) is 4. The van der Waals surface area contributed by atoms with Gasteiger partial charge in [-0.3, -0.25) is 16.0 Å². The van der Waals surface area contributed by atoms with Crippen molar-refractivity contribution in [3.05, 3.63) is 47.3 Å². The molecule has 3 N–H and O–H groups in total. The van der Waals surface area contributed by atoms with Gasteiger partial charge in [0, 0.05) is 31.1 Å². The smallest absolute Gasteiger partial charge is 0.122 e. The molecule has 0 radical (unpaired) electrons. The Balaban J connectivity index is 1.86. The average Bonchev–Trinajstić information content (AvgIpc) is 2.82. The summed E-state index contributed by atoms with van der Waals surface area (Å²) in [4.78, 5) is 0. The van der Waals surface area contributed by atoms with Crippen LogP contribution in [0.25, 0.3) is 0 Å². The molecule has 1 aliphatic heterocycles. The Morgan fingerprint density at radius 1 is 1.48 bits per heavy atom. The Morgan fingerprint density at radius 3 is 3.00 bits per heavy atom. The lowest BCUT2D eigenvalue weighted by Gasteiger charge is -2.32. The zero-order chi connectivity index (χ0) is 14.8. The molecule has 3 rings (SSSR count). The molecule has 1 aromatic heterocycles. The number of benzene rings is 1. The van der Waals surface area contributed by atoms with E-state index >= 15 is 0 Å². The first-order chi connectivity index (χ1) is 10.2. The van der Waals surface area contributed by atoms with Gasteiger partial charge in [0.1, 0.15) is 5.75 Å². The first-order valence-electron chi connectivity index (χ1n) is 7.36. The first kappa shape index (κ1) is 14.1. The second-order valence-electron chi connectivity index (χ2n) is 5.66. The highest BCUT2D eigenvalue weighted by Gasteiger charge is 2.29. The zero-order valence-electron chi connectivity index (χ0n) is 12.5. The van der Waals surface area contributed by atoms with Crippen molar-refractivity contribution in [3.8, 4) is 5.75 Å². The summed E-state index contributed by atoms with van der Waals surface area (Å²) in [5.74, 6) is 7.18. The van der Waals surface area contributed by atoms with Gasteiger partial charge >= 0.3 is 0 Å². The number of rotatable bonds is 4. The van der Waals surface area contributed by atoms with Crippen LogP contribution >= 0.6 is 0 Å². The molecule has 2 heterocycles. The van der Waals surface area contributed by atoms with Crippen LogP contribution in [0.4, 0.5) is 0 Å². The van der Waals surface area contributed by atoms with Gasteiger partial charge in [0.2, 0.25) is 0 Å². The minimum Gasteiger partial charge on any atom is -0.493 e. The average molecular weight is 286 g/mol. The maximum absolute atomic E-state index is 5.84. The molecule has 0 saturated carbocycles. The molecule has 21 heavy (non-hydrogen) atoms. The van der Waals surface area contributed by atoms with E-state index in [-0.39, 0.29) is 6.04 Å². The number of aromatic nitrogens is 2. The van der Waals surface area contributed by atoms with Crippen LogP contribution in [-0.4, -0.2) is 22.4 Å². The van der Waals surface area contributed by atoms with Crippen molar-refractivity contribution in [1.29, 1.82) is 0 Å². The second-order valence-corrected chi connectivity index (χ2v) is 5.66. The number of hydrazine groups is 1. The largest absolute Gasteiger partial charge is 0.493 e. The highest BCUT2D eigenvalue weighted by Crippen LogP contribution is 2.36. The molecule has 0 aliphatic carbocycles. The van der Waals surface area contributed by atoms with Gasteiger partial charge in [-0.15, -0.1) is 0 Å². The minimum atomic E-state index is 0.171. The molecule has 2 atom stereocenters. The molecule has 112 valence electrons. The molecule has 0 spiro atoms. The normalized spacial score (nSPS) is 18.9. The SMILES string of the molecule is Cc1cc(CC(NN)C2CCOc3ccccc32)n(C)n1. The molecule has 0 bridgehead atoms. The molecule has 0 saturated heterocycles. The Morgan fingerprint density at radius 2 is 2.29 bits per heavy atom. The predicted octanol–water partition coefficient (Wildman–Crippen LogP) is 1.67. The van der Waals surface area contributed by atoms with Crippen molar-refractivity contribution in [1.82, 2.24) is 15.2 Å². The fraction of sp³-hybridized carbons (Fsp3) is 0.438. The van der Waals surface area contributed by atoms with Gasteiger partial charge in [-0.1, -0.05) is 18.2 Å². The summed E-state index contributed by atoms with van der Waals surface area (Å²) in [7, 11) is 1.98. The molecule has 1 aromatic carbocycles. The lowest BCUT2D eigenvalue weighted by molar-refractivity contribution is 0.244. The van der Waals surface area contributed by atoms with Crippen molar-refractivity contribution in [3.63, 3.8) is 0 Å². The van der Waals surface area contributed by atoms with Crippen LogP contribution in [0.5, 0.6) is 5.75 Å². The van der Waals surface area contributed by atoms with E-state index in [1.165, 1.54) is 11.3 Å². The van der Waals surface area contributed by atoms with E-state index in [0.717, 1.165) is 30.9 Å². The summed E-state index contributed by atoms with van der Waals surface area (Å²) < 4.78 is 7.68. The van der Waals surface area contributed by atoms with Crippen LogP contribution in [0, 0.1) is 6.92 Å². The predicted molar refractivity (Wildman–Crippen MR) is 82.1 cm³/mol. The molecule has 2 unspecified atom stereocenters. The quantitative estimate of drug-likeness (QED) is 0.663. The lowest BCUT2D eigenvalue weighted by Crippen LogP contribution is -2.43. The van der Waals surface area contributed by atoms with Crippen molar-refractivity contribution in [2.75, 3.05) is 6.61 Å². The van der Waals surface area contributed by atoms with Crippen LogP contribution < -0.4 is 16.0 Å². The Labute approximate surface area is 125 Å². The summed E-state index contributed by atoms with van der Waals surface area (Å²) in [5.41, 5.74) is 6.47. The number of aryl methyl sites for hydroxylation is 2. The fourth-order valence-corrected chi connectivity index (χ4v) is 3.19. The van der Waals surface area contributed by atoms with Crippen LogP contribution in [0.15, 0.2) is 30.3 Å². The third-order valence-corrected chi connectivity index (χ3v) is 4.23. The van der Waals surface area contributed by atoms with Crippen LogP contribution in [0.3, 0.4) is 0 Å². The number of para-hydroxylation sites is 1. The van der Waals surface area contributed by atoms with Crippen molar-refractivity contribution in [2.45, 2.75) is 31.7 Å². The second kappa shape index (κ2) is 5.87. The van der Waals surface area contributed by atoms with Crippen molar-refractivity contribution >= 4 is 0 Å². The third kappa shape index (κ3) is 2.80. The van der Waals surface area contributed by atoms with E-state index < -0.39 is 0 Å². The van der Waals surface area contributed by atoms with Crippen LogP contribution in [0.1, 0.15) is 29.3 Å². The summed E-state index contributed by atoms with van der Waals surface area (Å²) in [6, 6.07) is 10.5. The van der Waals surface area contributed by atoms with Gasteiger partial charge < -0.3 is 4.74 Å². The zero-order valence-corrected chi connectivity index (χ0v) is 12.5. The maximum Gasteiger partial charge on any atom is 0.122 e. The fourth-order valence-electron chi connectivity index (χ4n) is 3.19. The van der Waals surface area contributed by atoms with Crippen molar-refractivity contribution < 1.29 is 4.74 Å². The highest BCUT2D eigenvalue weighted by atomic mass is 16.5. The highest BCUT2D eigenvalue weighted by molar-refractivity contribution is 5.39. The minimum absolute atomic E-state index is 0.171. The topological polar surface area (TPSA) is 65.1 Å². The van der Waals surface area contributed by atoms with Crippen LogP contribution in [-0.2, 0) is 13.5 Å². The number of nitrogens with one attached hydrogen (secondary N) is 1. The van der Waals surface area contributed by atoms with Gasteiger partial charge in [-0.2, -0.15) is 5.10 Å². The standard InChI is InChI=1S/C16H22N4O/c1-11-9-12(20(2)19-11)10-15(18-17)13-7-8-21-16-6-4-3-5-14(13)16/h3-6,9,13,15,18H,7-8,10,17H2,1-2H3. The van der Waals surface area contributed by atoms with Gasteiger partial charge in [0.05, 0.1) is 12.3 Å². The van der Waals surface area contributed by atoms with Gasteiger partial charge in [0.25, 0.3) is 0 Å². The molecular formula is C16H22N4O. The molecular weight excluding hydrogens is 264 g/mol. The number of nitrogens with zero attached hydrogens (tertiary/aromatic N) is 2. The Hall–Kier alpha value is -1.85. The van der Waals surface area contributed by atoms with Gasteiger partial charge in [-0.25, -0.2) is 0 Å². The van der Waals surface area contributed by atoms with E-state index in [9.17, 15) is 0 Å². The molecule has 5 heteroatoms. The van der Waals surface area contributed by atoms with E-state index in [2.05, 4.69) is 28.7 Å². The molecule has 0 amide bonds. The molecule has 5 nitrogen and oxygen atoms in total. The number of hydrogen-bond donors (Lipinski definition) is 2. The van der Waals surface area contributed by atoms with E-state index in [4.69, 9.17) is 10.6 Å².